The van der Waals surface area contributed by atoms with E-state index in [1.807, 2.05) is 6.92 Å². The van der Waals surface area contributed by atoms with Gasteiger partial charge in [-0.25, -0.2) is 0 Å². The lowest BCUT2D eigenvalue weighted by molar-refractivity contribution is -0.137. The van der Waals surface area contributed by atoms with Crippen LogP contribution < -0.4 is 0 Å². The van der Waals surface area contributed by atoms with E-state index < -0.39 is 32.3 Å². The third kappa shape index (κ3) is 6.61. The SMILES string of the molecule is COC(C)c1nc2c(c(C3CCCC3)c1C(O)c1ccc(C(F)(F)F)cc1)[C@@H](O[Si](C)(C)C(C)(C)C)CC(C)(C)C2. The van der Waals surface area contributed by atoms with E-state index in [1.165, 1.54) is 12.1 Å². The van der Waals surface area contributed by atoms with E-state index in [1.54, 1.807) is 7.11 Å². The van der Waals surface area contributed by atoms with Crippen LogP contribution in [-0.2, 0) is 21.8 Å². The number of hydrogen-bond acceptors (Lipinski definition) is 4. The number of alkyl halides is 3. The molecule has 4 rings (SSSR count). The van der Waals surface area contributed by atoms with Gasteiger partial charge < -0.3 is 14.3 Å². The summed E-state index contributed by atoms with van der Waals surface area (Å²) in [6.07, 6.45) is -0.294. The van der Waals surface area contributed by atoms with Crippen LogP contribution in [-0.4, -0.2) is 25.5 Å². The van der Waals surface area contributed by atoms with Crippen LogP contribution in [0.15, 0.2) is 24.3 Å². The van der Waals surface area contributed by atoms with Gasteiger partial charge in [0.05, 0.1) is 23.5 Å². The molecule has 228 valence electrons. The van der Waals surface area contributed by atoms with Crippen molar-refractivity contribution in [2.45, 2.75) is 129 Å². The zero-order valence-electron chi connectivity index (χ0n) is 26.2. The van der Waals surface area contributed by atoms with E-state index >= 15 is 0 Å². The third-order valence-electron chi connectivity index (χ3n) is 9.70. The topological polar surface area (TPSA) is 51.6 Å². The Morgan fingerprint density at radius 3 is 2.12 bits per heavy atom. The average molecular weight is 592 g/mol. The van der Waals surface area contributed by atoms with Crippen LogP contribution in [0.1, 0.15) is 137 Å². The Morgan fingerprint density at radius 2 is 1.61 bits per heavy atom. The predicted molar refractivity (Wildman–Crippen MR) is 160 cm³/mol. The molecule has 8 heteroatoms. The van der Waals surface area contributed by atoms with Gasteiger partial charge in [0.1, 0.15) is 6.10 Å². The van der Waals surface area contributed by atoms with Gasteiger partial charge in [-0.2, -0.15) is 13.2 Å². The number of pyridine rings is 1. The van der Waals surface area contributed by atoms with Crippen LogP contribution in [0.3, 0.4) is 0 Å². The standard InChI is InChI=1S/C33H48F3NO3Si/c1-20(39-7)29-28(30(38)22-14-16-23(17-15-22)33(34,35)36)26(21-12-10-11-13-21)27-24(37-29)18-32(5,6)19-25(27)40-41(8,9)31(2,3)4/h14-17,20-21,25,30,38H,10-13,18-19H2,1-9H3/t20?,25-,30?/m0/s1. The highest BCUT2D eigenvalue weighted by atomic mass is 28.4. The van der Waals surface area contributed by atoms with Crippen molar-refractivity contribution >= 4 is 8.32 Å². The first kappa shape index (κ1) is 32.2. The lowest BCUT2D eigenvalue weighted by Gasteiger charge is -2.45. The number of benzene rings is 1. The summed E-state index contributed by atoms with van der Waals surface area (Å²) < 4.78 is 53.0. The molecule has 3 atom stereocenters. The second kappa shape index (κ2) is 11.4. The van der Waals surface area contributed by atoms with Crippen molar-refractivity contribution in [3.63, 3.8) is 0 Å². The molecule has 1 saturated carbocycles. The Morgan fingerprint density at radius 1 is 1.02 bits per heavy atom. The summed E-state index contributed by atoms with van der Waals surface area (Å²) >= 11 is 0. The molecular formula is C33H48F3NO3Si. The van der Waals surface area contributed by atoms with Gasteiger partial charge in [-0.05, 0) is 85.3 Å². The fourth-order valence-corrected chi connectivity index (χ4v) is 7.61. The van der Waals surface area contributed by atoms with Crippen LogP contribution >= 0.6 is 0 Å². The van der Waals surface area contributed by atoms with Gasteiger partial charge in [0, 0.05) is 23.9 Å². The Labute approximate surface area is 245 Å². The monoisotopic (exact) mass is 591 g/mol. The molecule has 0 saturated heterocycles. The van der Waals surface area contributed by atoms with Gasteiger partial charge in [-0.1, -0.05) is 59.6 Å². The van der Waals surface area contributed by atoms with Crippen molar-refractivity contribution in [2.75, 3.05) is 7.11 Å². The fourth-order valence-electron chi connectivity index (χ4n) is 6.35. The van der Waals surface area contributed by atoms with Gasteiger partial charge in [-0.15, -0.1) is 0 Å². The Hall–Kier alpha value is -1.74. The summed E-state index contributed by atoms with van der Waals surface area (Å²) in [5, 5.41) is 12.0. The van der Waals surface area contributed by atoms with Crippen molar-refractivity contribution in [3.05, 3.63) is 63.5 Å². The molecule has 2 aromatic rings. The van der Waals surface area contributed by atoms with Gasteiger partial charge in [0.25, 0.3) is 0 Å². The van der Waals surface area contributed by atoms with E-state index in [0.29, 0.717) is 16.8 Å². The number of rotatable bonds is 7. The van der Waals surface area contributed by atoms with Crippen LogP contribution in [0.4, 0.5) is 13.2 Å². The Balaban J connectivity index is 1.99. The lowest BCUT2D eigenvalue weighted by Crippen LogP contribution is -2.44. The maximum Gasteiger partial charge on any atom is 0.416 e. The Bertz CT molecular complexity index is 1230. The summed E-state index contributed by atoms with van der Waals surface area (Å²) in [5.41, 5.74) is 4.23. The number of aliphatic hydroxyl groups is 1. The molecule has 1 N–H and O–H groups in total. The van der Waals surface area contributed by atoms with E-state index in [-0.39, 0.29) is 22.5 Å². The molecule has 1 heterocycles. The number of methoxy groups -OCH3 is 1. The van der Waals surface area contributed by atoms with E-state index in [2.05, 4.69) is 47.7 Å². The van der Waals surface area contributed by atoms with Crippen molar-refractivity contribution in [1.82, 2.24) is 4.98 Å². The van der Waals surface area contributed by atoms with Crippen molar-refractivity contribution in [2.24, 2.45) is 5.41 Å². The molecule has 1 fully saturated rings. The number of ether oxygens (including phenoxy) is 1. The summed E-state index contributed by atoms with van der Waals surface area (Å²) in [6, 6.07) is 4.87. The van der Waals surface area contributed by atoms with Crippen LogP contribution in [0.25, 0.3) is 0 Å². The highest BCUT2D eigenvalue weighted by Crippen LogP contribution is 2.53. The molecule has 0 bridgehead atoms. The number of nitrogens with zero attached hydrogens (tertiary/aromatic N) is 1. The van der Waals surface area contributed by atoms with Crippen molar-refractivity contribution in [1.29, 1.82) is 0 Å². The maximum absolute atomic E-state index is 13.3. The highest BCUT2D eigenvalue weighted by Gasteiger charge is 2.46. The molecule has 2 aliphatic rings. The summed E-state index contributed by atoms with van der Waals surface area (Å²) in [5.74, 6) is 0.223. The molecule has 41 heavy (non-hydrogen) atoms. The first-order valence-electron chi connectivity index (χ1n) is 15.0. The van der Waals surface area contributed by atoms with Gasteiger partial charge >= 0.3 is 6.18 Å². The maximum atomic E-state index is 13.3. The van der Waals surface area contributed by atoms with Crippen LogP contribution in [0.5, 0.6) is 0 Å². The van der Waals surface area contributed by atoms with E-state index in [4.69, 9.17) is 14.1 Å². The largest absolute Gasteiger partial charge is 0.416 e. The molecule has 2 aliphatic carbocycles. The molecule has 0 aliphatic heterocycles. The quantitative estimate of drug-likeness (QED) is 0.326. The first-order valence-corrected chi connectivity index (χ1v) is 17.9. The number of aliphatic hydroxyl groups excluding tert-OH is 1. The zero-order chi connectivity index (χ0) is 30.5. The number of hydrogen-bond donors (Lipinski definition) is 1. The molecule has 0 amide bonds. The summed E-state index contributed by atoms with van der Waals surface area (Å²) in [6.45, 7) is 17.7. The number of halogens is 3. The van der Waals surface area contributed by atoms with Gasteiger partial charge in [-0.3, -0.25) is 4.98 Å². The molecule has 0 spiro atoms. The van der Waals surface area contributed by atoms with Crippen LogP contribution in [0, 0.1) is 5.41 Å². The minimum Gasteiger partial charge on any atom is -0.410 e. The second-order valence-corrected chi connectivity index (χ2v) is 19.2. The normalized spacial score (nSPS) is 21.5. The predicted octanol–water partition coefficient (Wildman–Crippen LogP) is 9.58. The van der Waals surface area contributed by atoms with Crippen LogP contribution in [0.2, 0.25) is 18.1 Å². The third-order valence-corrected chi connectivity index (χ3v) is 14.2. The fraction of sp³-hybridized carbons (Fsp3) is 0.667. The molecular weight excluding hydrogens is 543 g/mol. The number of aromatic nitrogens is 1. The van der Waals surface area contributed by atoms with Crippen molar-refractivity contribution < 1.29 is 27.4 Å². The molecule has 0 radical (unpaired) electrons. The van der Waals surface area contributed by atoms with Crippen molar-refractivity contribution in [3.8, 4) is 0 Å². The summed E-state index contributed by atoms with van der Waals surface area (Å²) in [7, 11) is -0.555. The molecule has 2 unspecified atom stereocenters. The minimum atomic E-state index is -4.44. The van der Waals surface area contributed by atoms with E-state index in [9.17, 15) is 18.3 Å². The minimum absolute atomic E-state index is 0.0166. The van der Waals surface area contributed by atoms with Gasteiger partial charge in [0.2, 0.25) is 0 Å². The first-order chi connectivity index (χ1) is 18.9. The van der Waals surface area contributed by atoms with Gasteiger partial charge in [0.15, 0.2) is 8.32 Å². The summed E-state index contributed by atoms with van der Waals surface area (Å²) in [4.78, 5) is 5.23. The molecule has 4 nitrogen and oxygen atoms in total. The highest BCUT2D eigenvalue weighted by molar-refractivity contribution is 6.74. The second-order valence-electron chi connectivity index (χ2n) is 14.5. The average Bonchev–Trinajstić information content (AvgIpc) is 3.39. The molecule has 1 aromatic heterocycles. The molecule has 1 aromatic carbocycles. The smallest absolute Gasteiger partial charge is 0.410 e. The number of fused-ring (bicyclic) bond motifs is 1. The van der Waals surface area contributed by atoms with E-state index in [0.717, 1.165) is 67.5 Å². The zero-order valence-corrected chi connectivity index (χ0v) is 27.2. The lowest BCUT2D eigenvalue weighted by atomic mass is 9.70. The Kier molecular flexibility index (Phi) is 8.95.